The zero-order chi connectivity index (χ0) is 9.14. The van der Waals surface area contributed by atoms with Crippen molar-refractivity contribution in [1.82, 2.24) is 4.98 Å². The van der Waals surface area contributed by atoms with Crippen LogP contribution in [0.5, 0.6) is 5.88 Å². The molecule has 1 heterocycles. The smallest absolute Gasteiger partial charge is 0.257 e. The van der Waals surface area contributed by atoms with Gasteiger partial charge in [0.15, 0.2) is 0 Å². The Morgan fingerprint density at radius 1 is 1.75 bits per heavy atom. The highest BCUT2D eigenvalue weighted by atomic mass is 79.9. The fraction of sp³-hybridized carbons (Fsp3) is 0.143. The van der Waals surface area contributed by atoms with Crippen LogP contribution in [0.4, 0.5) is 0 Å². The van der Waals surface area contributed by atoms with Crippen molar-refractivity contribution in [2.24, 2.45) is 0 Å². The highest BCUT2D eigenvalue weighted by Gasteiger charge is 2.10. The second-order valence-corrected chi connectivity index (χ2v) is 3.24. The molecule has 1 aromatic heterocycles. The Hall–Kier alpha value is -0.610. The van der Waals surface area contributed by atoms with E-state index in [2.05, 4.69) is 20.9 Å². The minimum atomic E-state index is -0.583. The number of pyridine rings is 1. The Bertz CT molecular complexity index is 316. The molecule has 0 spiro atoms. The summed E-state index contributed by atoms with van der Waals surface area (Å²) in [6.45, 7) is 0. The molecule has 0 fully saturated rings. The lowest BCUT2D eigenvalue weighted by atomic mass is 10.3. The van der Waals surface area contributed by atoms with E-state index in [1.165, 1.54) is 13.3 Å². The number of ether oxygens (including phenoxy) is 1. The molecule has 0 unspecified atom stereocenters. The fourth-order valence-corrected chi connectivity index (χ4v) is 1.20. The predicted octanol–water partition coefficient (Wildman–Crippen LogP) is 2.23. The van der Waals surface area contributed by atoms with Crippen LogP contribution in [0.3, 0.4) is 0 Å². The third-order valence-corrected chi connectivity index (χ3v) is 1.86. The number of methoxy groups -OCH3 is 1. The molecule has 0 bridgehead atoms. The molecule has 3 nitrogen and oxygen atoms in total. The van der Waals surface area contributed by atoms with Crippen molar-refractivity contribution in [2.45, 2.75) is 0 Å². The zero-order valence-corrected chi connectivity index (χ0v) is 8.52. The van der Waals surface area contributed by atoms with E-state index in [0.29, 0.717) is 4.47 Å². The number of carbonyl (C=O) groups excluding carboxylic acids is 1. The van der Waals surface area contributed by atoms with E-state index in [1.807, 2.05) is 0 Å². The molecule has 0 atom stereocenters. The summed E-state index contributed by atoms with van der Waals surface area (Å²) >= 11 is 8.44. The fourth-order valence-electron chi connectivity index (χ4n) is 0.730. The molecule has 0 saturated heterocycles. The third kappa shape index (κ3) is 1.95. The summed E-state index contributed by atoms with van der Waals surface area (Å²) in [5.74, 6) is 0.234. The van der Waals surface area contributed by atoms with Gasteiger partial charge in [-0.3, -0.25) is 4.79 Å². The number of carbonyl (C=O) groups is 1. The molecular formula is C7H5BrClNO2. The van der Waals surface area contributed by atoms with E-state index < -0.39 is 5.24 Å². The average Bonchev–Trinajstić information content (AvgIpc) is 2.04. The lowest BCUT2D eigenvalue weighted by molar-refractivity contribution is 0.107. The van der Waals surface area contributed by atoms with E-state index in [0.717, 1.165) is 0 Å². The van der Waals surface area contributed by atoms with Gasteiger partial charge >= 0.3 is 0 Å². The van der Waals surface area contributed by atoms with Gasteiger partial charge in [-0.15, -0.1) is 0 Å². The van der Waals surface area contributed by atoms with Crippen LogP contribution < -0.4 is 4.74 Å². The standard InChI is InChI=1S/C7H5BrClNO2/c1-12-7-5(6(9)11)2-4(8)3-10-7/h2-3H,1H3. The van der Waals surface area contributed by atoms with Crippen LogP contribution in [0.2, 0.25) is 0 Å². The first kappa shape index (κ1) is 9.48. The Kier molecular flexibility index (Phi) is 3.05. The Morgan fingerprint density at radius 3 is 2.92 bits per heavy atom. The van der Waals surface area contributed by atoms with Gasteiger partial charge in [-0.1, -0.05) is 0 Å². The molecule has 0 N–H and O–H groups in total. The second-order valence-electron chi connectivity index (χ2n) is 1.98. The van der Waals surface area contributed by atoms with Gasteiger partial charge in [-0.05, 0) is 33.6 Å². The van der Waals surface area contributed by atoms with Crippen molar-refractivity contribution >= 4 is 32.8 Å². The van der Waals surface area contributed by atoms with Gasteiger partial charge in [0.05, 0.1) is 12.7 Å². The number of aromatic nitrogens is 1. The summed E-state index contributed by atoms with van der Waals surface area (Å²) in [7, 11) is 1.43. The van der Waals surface area contributed by atoms with Gasteiger partial charge in [0.2, 0.25) is 5.88 Å². The first-order valence-corrected chi connectivity index (χ1v) is 4.21. The molecular weight excluding hydrogens is 245 g/mol. The molecule has 0 amide bonds. The maximum absolute atomic E-state index is 10.8. The first-order valence-electron chi connectivity index (χ1n) is 3.04. The monoisotopic (exact) mass is 249 g/mol. The maximum Gasteiger partial charge on any atom is 0.257 e. The van der Waals surface area contributed by atoms with Gasteiger partial charge in [-0.2, -0.15) is 0 Å². The summed E-state index contributed by atoms with van der Waals surface area (Å²) < 4.78 is 5.51. The molecule has 1 rings (SSSR count). The van der Waals surface area contributed by atoms with E-state index in [1.54, 1.807) is 6.07 Å². The molecule has 0 aliphatic heterocycles. The lowest BCUT2D eigenvalue weighted by Gasteiger charge is -2.02. The van der Waals surface area contributed by atoms with Crippen molar-refractivity contribution < 1.29 is 9.53 Å². The summed E-state index contributed by atoms with van der Waals surface area (Å²) in [4.78, 5) is 14.6. The molecule has 0 aliphatic rings. The molecule has 12 heavy (non-hydrogen) atoms. The Labute approximate surface area is 82.8 Å². The van der Waals surface area contributed by atoms with Crippen LogP contribution in [0, 0.1) is 0 Å². The Balaban J connectivity index is 3.21. The van der Waals surface area contributed by atoms with Crippen LogP contribution in [0.1, 0.15) is 10.4 Å². The van der Waals surface area contributed by atoms with Gasteiger partial charge in [0.1, 0.15) is 0 Å². The number of hydrogen-bond acceptors (Lipinski definition) is 3. The lowest BCUT2D eigenvalue weighted by Crippen LogP contribution is -1.97. The molecule has 0 saturated carbocycles. The van der Waals surface area contributed by atoms with Crippen LogP contribution >= 0.6 is 27.5 Å². The highest BCUT2D eigenvalue weighted by molar-refractivity contribution is 9.10. The molecule has 0 radical (unpaired) electrons. The molecule has 1 aromatic rings. The number of halogens is 2. The quantitative estimate of drug-likeness (QED) is 0.756. The molecule has 5 heteroatoms. The number of nitrogens with zero attached hydrogens (tertiary/aromatic N) is 1. The first-order chi connectivity index (χ1) is 5.65. The third-order valence-electron chi connectivity index (χ3n) is 1.22. The minimum Gasteiger partial charge on any atom is -0.480 e. The van der Waals surface area contributed by atoms with Gasteiger partial charge < -0.3 is 4.74 Å². The number of rotatable bonds is 2. The minimum absolute atomic E-state index is 0.234. The van der Waals surface area contributed by atoms with Gasteiger partial charge in [0.25, 0.3) is 5.24 Å². The molecule has 64 valence electrons. The van der Waals surface area contributed by atoms with Crippen molar-refractivity contribution in [1.29, 1.82) is 0 Å². The van der Waals surface area contributed by atoms with E-state index in [4.69, 9.17) is 16.3 Å². The number of hydrogen-bond donors (Lipinski definition) is 0. The Morgan fingerprint density at radius 2 is 2.42 bits per heavy atom. The summed E-state index contributed by atoms with van der Waals surface area (Å²) in [6.07, 6.45) is 1.53. The van der Waals surface area contributed by atoms with Crippen molar-refractivity contribution in [2.75, 3.05) is 7.11 Å². The summed E-state index contributed by atoms with van der Waals surface area (Å²) in [5, 5.41) is -0.583. The van der Waals surface area contributed by atoms with E-state index in [-0.39, 0.29) is 11.4 Å². The van der Waals surface area contributed by atoms with Crippen LogP contribution in [0.15, 0.2) is 16.7 Å². The second kappa shape index (κ2) is 3.87. The van der Waals surface area contributed by atoms with Crippen molar-refractivity contribution in [3.63, 3.8) is 0 Å². The maximum atomic E-state index is 10.8. The predicted molar refractivity (Wildman–Crippen MR) is 48.7 cm³/mol. The van der Waals surface area contributed by atoms with Crippen LogP contribution in [-0.2, 0) is 0 Å². The largest absolute Gasteiger partial charge is 0.480 e. The topological polar surface area (TPSA) is 39.2 Å². The highest BCUT2D eigenvalue weighted by Crippen LogP contribution is 2.20. The molecule has 0 aromatic carbocycles. The van der Waals surface area contributed by atoms with E-state index >= 15 is 0 Å². The summed E-state index contributed by atoms with van der Waals surface area (Å²) in [6, 6.07) is 1.56. The van der Waals surface area contributed by atoms with Crippen LogP contribution in [0.25, 0.3) is 0 Å². The van der Waals surface area contributed by atoms with Crippen molar-refractivity contribution in [3.05, 3.63) is 22.3 Å². The van der Waals surface area contributed by atoms with Gasteiger partial charge in [-0.25, -0.2) is 4.98 Å². The normalized spacial score (nSPS) is 9.58. The zero-order valence-electron chi connectivity index (χ0n) is 6.17. The average molecular weight is 250 g/mol. The van der Waals surface area contributed by atoms with Crippen LogP contribution in [-0.4, -0.2) is 17.3 Å². The molecule has 0 aliphatic carbocycles. The van der Waals surface area contributed by atoms with Crippen molar-refractivity contribution in [3.8, 4) is 5.88 Å². The van der Waals surface area contributed by atoms with Gasteiger partial charge in [0, 0.05) is 10.7 Å². The SMILES string of the molecule is COc1ncc(Br)cc1C(=O)Cl. The summed E-state index contributed by atoms with van der Waals surface area (Å²) in [5.41, 5.74) is 0.258. The van der Waals surface area contributed by atoms with E-state index in [9.17, 15) is 4.79 Å².